The fourth-order valence-electron chi connectivity index (χ4n) is 1.81. The van der Waals surface area contributed by atoms with Crippen molar-refractivity contribution in [2.75, 3.05) is 32.9 Å². The highest BCUT2D eigenvalue weighted by Crippen LogP contribution is 2.15. The minimum Gasteiger partial charge on any atom is -0.444 e. The molecule has 0 aromatic carbocycles. The van der Waals surface area contributed by atoms with Crippen LogP contribution >= 0.6 is 24.0 Å². The van der Waals surface area contributed by atoms with Gasteiger partial charge in [0.25, 0.3) is 0 Å². The van der Waals surface area contributed by atoms with Crippen LogP contribution in [0.3, 0.4) is 0 Å². The van der Waals surface area contributed by atoms with Crippen LogP contribution in [0.1, 0.15) is 34.1 Å². The van der Waals surface area contributed by atoms with Crippen molar-refractivity contribution in [1.29, 1.82) is 0 Å². The van der Waals surface area contributed by atoms with E-state index < -0.39 is 5.60 Å². The van der Waals surface area contributed by atoms with Gasteiger partial charge in [0.05, 0.1) is 12.7 Å². The molecule has 2 N–H and O–H groups in total. The first-order chi connectivity index (χ1) is 9.85. The lowest BCUT2D eigenvalue weighted by molar-refractivity contribution is 0.00701. The normalized spacial score (nSPS) is 15.7. The van der Waals surface area contributed by atoms with E-state index in [0.29, 0.717) is 32.0 Å². The maximum absolute atomic E-state index is 12.1. The first-order valence-corrected chi connectivity index (χ1v) is 7.44. The molecular weight excluding hydrogens is 402 g/mol. The monoisotopic (exact) mass is 430 g/mol. The Hall–Kier alpha value is -0.800. The van der Waals surface area contributed by atoms with Crippen LogP contribution in [0.5, 0.6) is 0 Å². The van der Waals surface area contributed by atoms with Gasteiger partial charge in [-0.1, -0.05) is 0 Å². The number of nitrogens with one attached hydrogen (secondary N) is 2. The summed E-state index contributed by atoms with van der Waals surface area (Å²) in [4.78, 5) is 17.7. The molecule has 1 heterocycles. The number of amides is 1. The van der Waals surface area contributed by atoms with Crippen LogP contribution < -0.4 is 10.6 Å². The van der Waals surface area contributed by atoms with Crippen LogP contribution in [0, 0.1) is 0 Å². The van der Waals surface area contributed by atoms with E-state index in [1.165, 1.54) is 0 Å². The largest absolute Gasteiger partial charge is 0.444 e. The zero-order valence-electron chi connectivity index (χ0n) is 13.8. The summed E-state index contributed by atoms with van der Waals surface area (Å²) in [7, 11) is 0. The molecule has 8 heteroatoms. The fourth-order valence-corrected chi connectivity index (χ4v) is 1.81. The van der Waals surface area contributed by atoms with Gasteiger partial charge in [-0.15, -0.1) is 24.0 Å². The van der Waals surface area contributed by atoms with E-state index in [1.54, 1.807) is 4.90 Å². The van der Waals surface area contributed by atoms with E-state index >= 15 is 0 Å². The number of ether oxygens (including phenoxy) is 1. The van der Waals surface area contributed by atoms with E-state index in [2.05, 4.69) is 15.6 Å². The molecule has 0 bridgehead atoms. The molecule has 0 saturated carbocycles. The molecule has 1 fully saturated rings. The van der Waals surface area contributed by atoms with E-state index in [1.807, 2.05) is 27.7 Å². The van der Waals surface area contributed by atoms with Gasteiger partial charge in [0, 0.05) is 26.2 Å². The Morgan fingerprint density at radius 1 is 1.41 bits per heavy atom. The smallest absolute Gasteiger partial charge is 0.410 e. The number of carbonyl (C=O) groups is 1. The molecule has 0 spiro atoms. The molecule has 0 atom stereocenters. The Morgan fingerprint density at radius 3 is 2.55 bits per heavy atom. The average molecular weight is 430 g/mol. The van der Waals surface area contributed by atoms with E-state index in [4.69, 9.17) is 4.74 Å². The molecule has 6 nitrogen and oxygen atoms in total. The van der Waals surface area contributed by atoms with Crippen molar-refractivity contribution in [2.24, 2.45) is 4.99 Å². The number of aliphatic imine (C=N–C) groups is 1. The third-order valence-corrected chi connectivity index (χ3v) is 2.78. The number of hydrogen-bond acceptors (Lipinski definition) is 3. The number of carbonyl (C=O) groups excluding carboxylic acids is 1. The van der Waals surface area contributed by atoms with Crippen LogP contribution in [-0.2, 0) is 4.74 Å². The molecule has 0 unspecified atom stereocenters. The lowest BCUT2D eigenvalue weighted by Crippen LogP contribution is -2.63. The molecule has 1 aliphatic rings. The molecule has 0 aromatic heterocycles. The predicted octanol–water partition coefficient (Wildman–Crippen LogP) is 2.14. The zero-order valence-corrected chi connectivity index (χ0v) is 16.1. The molecule has 0 aromatic rings. The van der Waals surface area contributed by atoms with Gasteiger partial charge in [-0.2, -0.15) is 0 Å². The van der Waals surface area contributed by atoms with Crippen molar-refractivity contribution in [3.8, 4) is 0 Å². The van der Waals surface area contributed by atoms with Gasteiger partial charge in [-0.05, 0) is 34.1 Å². The lowest BCUT2D eigenvalue weighted by Gasteiger charge is -2.40. The Bertz CT molecular complexity index is 368. The maximum atomic E-state index is 12.1. The summed E-state index contributed by atoms with van der Waals surface area (Å²) in [6.45, 7) is 9.52. The first-order valence-electron chi connectivity index (χ1n) is 7.44. The van der Waals surface area contributed by atoms with Gasteiger partial charge < -0.3 is 20.3 Å². The van der Waals surface area contributed by atoms with Crippen molar-refractivity contribution in [3.05, 3.63) is 0 Å². The summed E-state index contributed by atoms with van der Waals surface area (Å²) < 4.78 is 17.4. The molecule has 0 radical (unpaired) electrons. The van der Waals surface area contributed by atoms with Crippen molar-refractivity contribution in [3.63, 3.8) is 0 Å². The maximum Gasteiger partial charge on any atom is 0.410 e. The van der Waals surface area contributed by atoms with E-state index in [0.717, 1.165) is 6.54 Å². The molecule has 22 heavy (non-hydrogen) atoms. The topological polar surface area (TPSA) is 66.0 Å². The number of rotatable bonds is 5. The summed E-state index contributed by atoms with van der Waals surface area (Å²) >= 11 is 0. The number of likely N-dealkylation sites (tertiary alicyclic amines) is 1. The predicted molar refractivity (Wildman–Crippen MR) is 96.7 cm³/mol. The van der Waals surface area contributed by atoms with Crippen molar-refractivity contribution >= 4 is 36.0 Å². The summed E-state index contributed by atoms with van der Waals surface area (Å²) in [6, 6.07) is 0.153. The molecule has 130 valence electrons. The SMILES string of the molecule is CCNC(=NCCCF)NC1CN(C(=O)OC(C)(C)C)C1.I. The molecular formula is C14H28FIN4O2. The van der Waals surface area contributed by atoms with Crippen molar-refractivity contribution < 1.29 is 13.9 Å². The second-order valence-electron chi connectivity index (χ2n) is 6.03. The summed E-state index contributed by atoms with van der Waals surface area (Å²) in [5.41, 5.74) is -0.474. The third kappa shape index (κ3) is 8.00. The Labute approximate surface area is 149 Å². The van der Waals surface area contributed by atoms with Gasteiger partial charge in [-0.25, -0.2) is 4.79 Å². The van der Waals surface area contributed by atoms with Crippen LogP contribution in [0.25, 0.3) is 0 Å². The fraction of sp³-hybridized carbons (Fsp3) is 0.857. The zero-order chi connectivity index (χ0) is 15.9. The minimum atomic E-state index is -0.474. The van der Waals surface area contributed by atoms with Crippen molar-refractivity contribution in [2.45, 2.75) is 45.8 Å². The highest BCUT2D eigenvalue weighted by atomic mass is 127. The van der Waals surface area contributed by atoms with Gasteiger partial charge in [0.1, 0.15) is 5.60 Å². The Morgan fingerprint density at radius 2 is 2.05 bits per heavy atom. The van der Waals surface area contributed by atoms with Crippen LogP contribution in [0.4, 0.5) is 9.18 Å². The Balaban J connectivity index is 0.00000441. The number of halogens is 2. The highest BCUT2D eigenvalue weighted by Gasteiger charge is 2.34. The first kappa shape index (κ1) is 21.2. The second-order valence-corrected chi connectivity index (χ2v) is 6.03. The number of alkyl halides is 1. The number of nitrogens with zero attached hydrogens (tertiary/aromatic N) is 2. The summed E-state index contributed by atoms with van der Waals surface area (Å²) in [5, 5.41) is 6.33. The molecule has 1 amide bonds. The van der Waals surface area contributed by atoms with Crippen LogP contribution in [0.15, 0.2) is 4.99 Å². The average Bonchev–Trinajstić information content (AvgIpc) is 2.30. The van der Waals surface area contributed by atoms with Gasteiger partial charge in [0.2, 0.25) is 0 Å². The van der Waals surface area contributed by atoms with Gasteiger partial charge in [0.15, 0.2) is 5.96 Å². The van der Waals surface area contributed by atoms with Gasteiger partial charge in [-0.3, -0.25) is 9.38 Å². The summed E-state index contributed by atoms with van der Waals surface area (Å²) in [6.07, 6.45) is 0.130. The van der Waals surface area contributed by atoms with Crippen LogP contribution in [-0.4, -0.2) is 61.4 Å². The Kier molecular flexibility index (Phi) is 9.70. The number of hydrogen-bond donors (Lipinski definition) is 2. The molecule has 1 saturated heterocycles. The second kappa shape index (κ2) is 10.1. The molecule has 1 rings (SSSR count). The molecule has 0 aliphatic carbocycles. The standard InChI is InChI=1S/C14H27FN4O2.HI/c1-5-16-12(17-8-6-7-15)18-11-9-19(10-11)13(20)21-14(2,3)4;/h11H,5-10H2,1-4H3,(H2,16,17,18);1H. The third-order valence-electron chi connectivity index (χ3n) is 2.78. The minimum absolute atomic E-state index is 0. The van der Waals surface area contributed by atoms with Gasteiger partial charge >= 0.3 is 6.09 Å². The highest BCUT2D eigenvalue weighted by molar-refractivity contribution is 14.0. The van der Waals surface area contributed by atoms with E-state index in [-0.39, 0.29) is 42.8 Å². The quantitative estimate of drug-likeness (QED) is 0.304. The lowest BCUT2D eigenvalue weighted by atomic mass is 10.1. The van der Waals surface area contributed by atoms with E-state index in [9.17, 15) is 9.18 Å². The summed E-state index contributed by atoms with van der Waals surface area (Å²) in [5.74, 6) is 0.666. The van der Waals surface area contributed by atoms with Crippen molar-refractivity contribution in [1.82, 2.24) is 15.5 Å². The number of guanidine groups is 1. The van der Waals surface area contributed by atoms with Crippen LogP contribution in [0.2, 0.25) is 0 Å². The molecule has 1 aliphatic heterocycles.